The fourth-order valence-corrected chi connectivity index (χ4v) is 1.85. The molecule has 4 N–H and O–H groups in total. The van der Waals surface area contributed by atoms with Crippen molar-refractivity contribution in [3.63, 3.8) is 0 Å². The monoisotopic (exact) mass is 256 g/mol. The number of nitrogens with one attached hydrogen (secondary N) is 1. The van der Waals surface area contributed by atoms with Crippen LogP contribution < -0.4 is 11.1 Å². The standard InChI is InChI=1S/C15H16N2O2/c16-10-14(11-5-2-1-3-6-11)17-15(19)12-7-4-8-13(18)9-12/h1-9,14,18H,10,16H2,(H,17,19). The topological polar surface area (TPSA) is 75.3 Å². The van der Waals surface area contributed by atoms with Crippen LogP contribution in [0.4, 0.5) is 0 Å². The number of phenolic OH excluding ortho intramolecular Hbond substituents is 1. The fourth-order valence-electron chi connectivity index (χ4n) is 1.85. The quantitative estimate of drug-likeness (QED) is 0.781. The summed E-state index contributed by atoms with van der Waals surface area (Å²) >= 11 is 0. The largest absolute Gasteiger partial charge is 0.508 e. The third kappa shape index (κ3) is 3.33. The SMILES string of the molecule is NCC(NC(=O)c1cccc(O)c1)c1ccccc1. The van der Waals surface area contributed by atoms with Crippen LogP contribution in [-0.2, 0) is 0 Å². The third-order valence-corrected chi connectivity index (χ3v) is 2.85. The zero-order valence-electron chi connectivity index (χ0n) is 10.4. The molecule has 2 aromatic carbocycles. The van der Waals surface area contributed by atoms with Crippen molar-refractivity contribution < 1.29 is 9.90 Å². The van der Waals surface area contributed by atoms with Crippen LogP contribution in [0, 0.1) is 0 Å². The smallest absolute Gasteiger partial charge is 0.251 e. The first-order valence-electron chi connectivity index (χ1n) is 6.05. The highest BCUT2D eigenvalue weighted by molar-refractivity contribution is 5.94. The molecule has 1 atom stereocenters. The van der Waals surface area contributed by atoms with E-state index in [1.807, 2.05) is 30.3 Å². The van der Waals surface area contributed by atoms with Gasteiger partial charge in [-0.05, 0) is 23.8 Å². The number of amides is 1. The summed E-state index contributed by atoms with van der Waals surface area (Å²) in [6.07, 6.45) is 0. The molecule has 0 fully saturated rings. The van der Waals surface area contributed by atoms with E-state index in [1.54, 1.807) is 12.1 Å². The molecule has 2 rings (SSSR count). The van der Waals surface area contributed by atoms with Gasteiger partial charge in [0.05, 0.1) is 6.04 Å². The van der Waals surface area contributed by atoms with E-state index >= 15 is 0 Å². The first-order chi connectivity index (χ1) is 9.20. The molecule has 0 saturated heterocycles. The average molecular weight is 256 g/mol. The normalized spacial score (nSPS) is 11.8. The number of benzene rings is 2. The fraction of sp³-hybridized carbons (Fsp3) is 0.133. The number of carbonyl (C=O) groups is 1. The summed E-state index contributed by atoms with van der Waals surface area (Å²) < 4.78 is 0. The molecule has 19 heavy (non-hydrogen) atoms. The number of carbonyl (C=O) groups excluding carboxylic acids is 1. The minimum Gasteiger partial charge on any atom is -0.508 e. The Labute approximate surface area is 111 Å². The summed E-state index contributed by atoms with van der Waals surface area (Å²) in [4.78, 5) is 12.1. The van der Waals surface area contributed by atoms with Crippen molar-refractivity contribution in [2.45, 2.75) is 6.04 Å². The molecule has 1 amide bonds. The van der Waals surface area contributed by atoms with Crippen molar-refractivity contribution in [1.29, 1.82) is 0 Å². The molecule has 0 bridgehead atoms. The first-order valence-corrected chi connectivity index (χ1v) is 6.05. The second kappa shape index (κ2) is 6.02. The van der Waals surface area contributed by atoms with Crippen molar-refractivity contribution in [1.82, 2.24) is 5.32 Å². The van der Waals surface area contributed by atoms with Crippen LogP contribution >= 0.6 is 0 Å². The molecule has 4 heteroatoms. The number of phenols is 1. The van der Waals surface area contributed by atoms with Crippen LogP contribution in [0.2, 0.25) is 0 Å². The Kier molecular flexibility index (Phi) is 4.15. The number of hydrogen-bond acceptors (Lipinski definition) is 3. The highest BCUT2D eigenvalue weighted by Crippen LogP contribution is 2.14. The van der Waals surface area contributed by atoms with Crippen molar-refractivity contribution in [2.75, 3.05) is 6.54 Å². The third-order valence-electron chi connectivity index (χ3n) is 2.85. The van der Waals surface area contributed by atoms with Crippen molar-refractivity contribution in [2.24, 2.45) is 5.73 Å². The van der Waals surface area contributed by atoms with Crippen LogP contribution in [0.3, 0.4) is 0 Å². The van der Waals surface area contributed by atoms with Crippen LogP contribution in [0.5, 0.6) is 5.75 Å². The molecule has 0 aliphatic carbocycles. The van der Waals surface area contributed by atoms with Crippen molar-refractivity contribution in [3.05, 3.63) is 65.7 Å². The highest BCUT2D eigenvalue weighted by atomic mass is 16.3. The molecule has 0 spiro atoms. The summed E-state index contributed by atoms with van der Waals surface area (Å²) in [6, 6.07) is 15.5. The van der Waals surface area contributed by atoms with Crippen molar-refractivity contribution in [3.8, 4) is 5.75 Å². The number of hydrogen-bond donors (Lipinski definition) is 3. The van der Waals surface area contributed by atoms with Gasteiger partial charge in [-0.2, -0.15) is 0 Å². The highest BCUT2D eigenvalue weighted by Gasteiger charge is 2.14. The molecule has 0 radical (unpaired) electrons. The lowest BCUT2D eigenvalue weighted by atomic mass is 10.1. The van der Waals surface area contributed by atoms with E-state index in [1.165, 1.54) is 12.1 Å². The Hall–Kier alpha value is -2.33. The summed E-state index contributed by atoms with van der Waals surface area (Å²) in [5.74, 6) is -0.188. The lowest BCUT2D eigenvalue weighted by Crippen LogP contribution is -2.33. The Morgan fingerprint density at radius 2 is 1.89 bits per heavy atom. The van der Waals surface area contributed by atoms with E-state index < -0.39 is 0 Å². The van der Waals surface area contributed by atoms with E-state index in [4.69, 9.17) is 5.73 Å². The minimum atomic E-state index is -0.254. The molecule has 2 aromatic rings. The second-order valence-corrected chi connectivity index (χ2v) is 4.22. The Morgan fingerprint density at radius 1 is 1.16 bits per heavy atom. The summed E-state index contributed by atoms with van der Waals surface area (Å²) in [6.45, 7) is 0.314. The van der Waals surface area contributed by atoms with E-state index in [-0.39, 0.29) is 17.7 Å². The lowest BCUT2D eigenvalue weighted by molar-refractivity contribution is 0.0937. The Bertz CT molecular complexity index is 555. The molecule has 0 aliphatic rings. The molecular formula is C15H16N2O2. The lowest BCUT2D eigenvalue weighted by Gasteiger charge is -2.17. The van der Waals surface area contributed by atoms with Gasteiger partial charge in [0.1, 0.15) is 5.75 Å². The Morgan fingerprint density at radius 3 is 2.53 bits per heavy atom. The molecule has 0 saturated carbocycles. The van der Waals surface area contributed by atoms with Gasteiger partial charge >= 0.3 is 0 Å². The predicted octanol–water partition coefficient (Wildman–Crippen LogP) is 1.82. The van der Waals surface area contributed by atoms with Crippen LogP contribution in [-0.4, -0.2) is 17.6 Å². The molecule has 98 valence electrons. The van der Waals surface area contributed by atoms with Crippen LogP contribution in [0.15, 0.2) is 54.6 Å². The molecule has 0 aromatic heterocycles. The number of rotatable bonds is 4. The van der Waals surface area contributed by atoms with Gasteiger partial charge in [-0.15, -0.1) is 0 Å². The van der Waals surface area contributed by atoms with E-state index in [2.05, 4.69) is 5.32 Å². The average Bonchev–Trinajstić information content (AvgIpc) is 2.45. The maximum Gasteiger partial charge on any atom is 0.251 e. The zero-order valence-corrected chi connectivity index (χ0v) is 10.4. The summed E-state index contributed by atoms with van der Waals surface area (Å²) in [5.41, 5.74) is 7.07. The maximum atomic E-state index is 12.1. The summed E-state index contributed by atoms with van der Waals surface area (Å²) in [7, 11) is 0. The minimum absolute atomic E-state index is 0.0664. The van der Waals surface area contributed by atoms with Gasteiger partial charge in [0.15, 0.2) is 0 Å². The molecule has 1 unspecified atom stereocenters. The van der Waals surface area contributed by atoms with Gasteiger partial charge in [-0.25, -0.2) is 0 Å². The van der Waals surface area contributed by atoms with Crippen LogP contribution in [0.1, 0.15) is 22.0 Å². The molecule has 4 nitrogen and oxygen atoms in total. The number of nitrogens with two attached hydrogens (primary N) is 1. The second-order valence-electron chi connectivity index (χ2n) is 4.22. The van der Waals surface area contributed by atoms with Crippen LogP contribution in [0.25, 0.3) is 0 Å². The van der Waals surface area contributed by atoms with E-state index in [0.717, 1.165) is 5.56 Å². The predicted molar refractivity (Wildman–Crippen MR) is 73.8 cm³/mol. The summed E-state index contributed by atoms with van der Waals surface area (Å²) in [5, 5.41) is 12.2. The maximum absolute atomic E-state index is 12.1. The van der Waals surface area contributed by atoms with E-state index in [9.17, 15) is 9.90 Å². The van der Waals surface area contributed by atoms with Gasteiger partial charge in [0.2, 0.25) is 0 Å². The zero-order chi connectivity index (χ0) is 13.7. The van der Waals surface area contributed by atoms with Gasteiger partial charge in [-0.3, -0.25) is 4.79 Å². The van der Waals surface area contributed by atoms with E-state index in [0.29, 0.717) is 12.1 Å². The van der Waals surface area contributed by atoms with Gasteiger partial charge in [0.25, 0.3) is 5.91 Å². The van der Waals surface area contributed by atoms with Gasteiger partial charge in [0, 0.05) is 12.1 Å². The van der Waals surface area contributed by atoms with Gasteiger partial charge < -0.3 is 16.2 Å². The van der Waals surface area contributed by atoms with Gasteiger partial charge in [-0.1, -0.05) is 36.4 Å². The molecular weight excluding hydrogens is 240 g/mol. The number of aromatic hydroxyl groups is 1. The Balaban J connectivity index is 2.13. The molecule has 0 aliphatic heterocycles. The van der Waals surface area contributed by atoms with Crippen molar-refractivity contribution >= 4 is 5.91 Å². The molecule has 0 heterocycles. The first kappa shape index (κ1) is 13.1.